The van der Waals surface area contributed by atoms with Crippen LogP contribution < -0.4 is 5.32 Å². The first kappa shape index (κ1) is 11.8. The molecule has 2 N–H and O–H groups in total. The van der Waals surface area contributed by atoms with Gasteiger partial charge in [0.05, 0.1) is 0 Å². The molecule has 0 bridgehead atoms. The number of carbonyl (C=O) groups excluding carboxylic acids is 1. The number of hydrogen-bond acceptors (Lipinski definition) is 4. The van der Waals surface area contributed by atoms with Gasteiger partial charge in [0.15, 0.2) is 10.8 Å². The van der Waals surface area contributed by atoms with Crippen LogP contribution in [-0.4, -0.2) is 32.7 Å². The molecule has 1 aromatic rings. The predicted molar refractivity (Wildman–Crippen MR) is 58.7 cm³/mol. The molecule has 1 aromatic heterocycles. The largest absolute Gasteiger partial charge is 0.480 e. The Morgan fingerprint density at radius 3 is 2.47 bits per heavy atom. The van der Waals surface area contributed by atoms with E-state index in [1.165, 1.54) is 12.1 Å². The maximum atomic E-state index is 11.7. The number of rotatable bonds is 3. The summed E-state index contributed by atoms with van der Waals surface area (Å²) in [5, 5.41) is 18.8. The lowest BCUT2D eigenvalue weighted by Crippen LogP contribution is -2.59. The van der Waals surface area contributed by atoms with Crippen LogP contribution in [0.1, 0.15) is 29.8 Å². The second-order valence-corrected chi connectivity index (χ2v) is 4.32. The first-order valence-electron chi connectivity index (χ1n) is 5.09. The van der Waals surface area contributed by atoms with E-state index in [2.05, 4.69) is 15.5 Å². The fourth-order valence-corrected chi connectivity index (χ4v) is 1.74. The smallest absolute Gasteiger partial charge is 0.329 e. The summed E-state index contributed by atoms with van der Waals surface area (Å²) in [6, 6.07) is 2.83. The van der Waals surface area contributed by atoms with Gasteiger partial charge in [-0.15, -0.1) is 10.2 Å². The average molecular weight is 256 g/mol. The first-order valence-corrected chi connectivity index (χ1v) is 5.46. The van der Waals surface area contributed by atoms with Crippen LogP contribution in [0.15, 0.2) is 12.1 Å². The van der Waals surface area contributed by atoms with Gasteiger partial charge in [0.25, 0.3) is 5.91 Å². The Bertz CT molecular complexity index is 456. The fourth-order valence-electron chi connectivity index (χ4n) is 1.64. The number of aromatic nitrogens is 2. The van der Waals surface area contributed by atoms with Gasteiger partial charge in [0.2, 0.25) is 0 Å². The molecule has 0 unspecified atom stereocenters. The molecule has 0 radical (unpaired) electrons. The Morgan fingerprint density at radius 1 is 1.35 bits per heavy atom. The fraction of sp³-hybridized carbons (Fsp3) is 0.400. The number of carbonyl (C=O) groups is 2. The van der Waals surface area contributed by atoms with E-state index in [9.17, 15) is 9.59 Å². The SMILES string of the molecule is O=C(NC1(C(=O)O)CCC1)c1ccc(Cl)nn1. The van der Waals surface area contributed by atoms with Crippen molar-refractivity contribution in [3.05, 3.63) is 23.0 Å². The molecule has 17 heavy (non-hydrogen) atoms. The summed E-state index contributed by atoms with van der Waals surface area (Å²) in [5.41, 5.74) is -1.08. The Kier molecular flexibility index (Phi) is 2.97. The van der Waals surface area contributed by atoms with E-state index in [0.717, 1.165) is 6.42 Å². The van der Waals surface area contributed by atoms with E-state index in [0.29, 0.717) is 12.8 Å². The number of hydrogen-bond donors (Lipinski definition) is 2. The molecule has 1 saturated carbocycles. The van der Waals surface area contributed by atoms with Gasteiger partial charge in [-0.1, -0.05) is 11.6 Å². The Balaban J connectivity index is 2.11. The van der Waals surface area contributed by atoms with Crippen LogP contribution in [0.3, 0.4) is 0 Å². The monoisotopic (exact) mass is 255 g/mol. The molecule has 90 valence electrons. The Labute approximate surface area is 102 Å². The maximum Gasteiger partial charge on any atom is 0.329 e. The summed E-state index contributed by atoms with van der Waals surface area (Å²) in [6.45, 7) is 0. The van der Waals surface area contributed by atoms with Crippen LogP contribution in [-0.2, 0) is 4.79 Å². The lowest BCUT2D eigenvalue weighted by molar-refractivity contribution is -0.148. The summed E-state index contributed by atoms with van der Waals surface area (Å²) in [5.74, 6) is -1.56. The number of halogens is 1. The van der Waals surface area contributed by atoms with Crippen molar-refractivity contribution in [1.82, 2.24) is 15.5 Å². The van der Waals surface area contributed by atoms with Crippen molar-refractivity contribution in [3.8, 4) is 0 Å². The first-order chi connectivity index (χ1) is 8.03. The van der Waals surface area contributed by atoms with E-state index in [4.69, 9.17) is 16.7 Å². The van der Waals surface area contributed by atoms with Crippen molar-refractivity contribution in [3.63, 3.8) is 0 Å². The lowest BCUT2D eigenvalue weighted by Gasteiger charge is -2.37. The van der Waals surface area contributed by atoms with E-state index in [1.807, 2.05) is 0 Å². The number of carboxylic acid groups (broad SMARTS) is 1. The van der Waals surface area contributed by atoms with Crippen LogP contribution in [0.5, 0.6) is 0 Å². The third kappa shape index (κ3) is 2.21. The molecule has 1 fully saturated rings. The van der Waals surface area contributed by atoms with Crippen LogP contribution in [0.25, 0.3) is 0 Å². The standard InChI is InChI=1S/C10H10ClN3O3/c11-7-3-2-6(13-14-7)8(15)12-10(9(16)17)4-1-5-10/h2-3H,1,4-5H2,(H,12,15)(H,16,17). The number of aliphatic carboxylic acids is 1. The zero-order chi connectivity index (χ0) is 12.5. The van der Waals surface area contributed by atoms with Crippen molar-refractivity contribution in [2.24, 2.45) is 0 Å². The van der Waals surface area contributed by atoms with Crippen molar-refractivity contribution in [2.45, 2.75) is 24.8 Å². The van der Waals surface area contributed by atoms with Gasteiger partial charge in [0, 0.05) is 0 Å². The summed E-state index contributed by atoms with van der Waals surface area (Å²) in [6.07, 6.45) is 1.67. The van der Waals surface area contributed by atoms with Crippen molar-refractivity contribution >= 4 is 23.5 Å². The van der Waals surface area contributed by atoms with Crippen LogP contribution in [0.4, 0.5) is 0 Å². The average Bonchev–Trinajstić information content (AvgIpc) is 2.23. The highest BCUT2D eigenvalue weighted by atomic mass is 35.5. The molecule has 1 aliphatic carbocycles. The zero-order valence-electron chi connectivity index (χ0n) is 8.81. The third-order valence-corrected chi connectivity index (χ3v) is 3.04. The normalized spacial score (nSPS) is 17.0. The molecular formula is C10H10ClN3O3. The summed E-state index contributed by atoms with van der Waals surface area (Å²) in [4.78, 5) is 22.8. The molecule has 1 heterocycles. The van der Waals surface area contributed by atoms with E-state index in [-0.39, 0.29) is 10.8 Å². The molecule has 1 amide bonds. The number of nitrogens with zero attached hydrogens (tertiary/aromatic N) is 2. The van der Waals surface area contributed by atoms with Gasteiger partial charge >= 0.3 is 5.97 Å². The molecule has 0 saturated heterocycles. The van der Waals surface area contributed by atoms with E-state index < -0.39 is 17.4 Å². The predicted octanol–water partition coefficient (Wildman–Crippen LogP) is 0.867. The minimum absolute atomic E-state index is 0.0573. The summed E-state index contributed by atoms with van der Waals surface area (Å²) >= 11 is 5.54. The van der Waals surface area contributed by atoms with Gasteiger partial charge < -0.3 is 10.4 Å². The molecule has 1 aliphatic rings. The van der Waals surface area contributed by atoms with E-state index in [1.54, 1.807) is 0 Å². The highest BCUT2D eigenvalue weighted by Crippen LogP contribution is 2.32. The van der Waals surface area contributed by atoms with Crippen LogP contribution >= 0.6 is 11.6 Å². The Morgan fingerprint density at radius 2 is 2.06 bits per heavy atom. The Hall–Kier alpha value is -1.69. The molecule has 7 heteroatoms. The van der Waals surface area contributed by atoms with Crippen molar-refractivity contribution in [1.29, 1.82) is 0 Å². The van der Waals surface area contributed by atoms with Crippen LogP contribution in [0, 0.1) is 0 Å². The van der Waals surface area contributed by atoms with Crippen molar-refractivity contribution < 1.29 is 14.7 Å². The number of amides is 1. The van der Waals surface area contributed by atoms with Gasteiger partial charge in [-0.05, 0) is 31.4 Å². The summed E-state index contributed by atoms with van der Waals surface area (Å²) in [7, 11) is 0. The molecule has 6 nitrogen and oxygen atoms in total. The number of nitrogens with one attached hydrogen (secondary N) is 1. The molecule has 0 aromatic carbocycles. The highest BCUT2D eigenvalue weighted by Gasteiger charge is 2.45. The van der Waals surface area contributed by atoms with E-state index >= 15 is 0 Å². The zero-order valence-corrected chi connectivity index (χ0v) is 9.57. The molecule has 0 aliphatic heterocycles. The van der Waals surface area contributed by atoms with Gasteiger partial charge in [-0.25, -0.2) is 4.79 Å². The van der Waals surface area contributed by atoms with Gasteiger partial charge in [0.1, 0.15) is 5.54 Å². The van der Waals surface area contributed by atoms with Gasteiger partial charge in [-0.2, -0.15) is 0 Å². The van der Waals surface area contributed by atoms with Crippen molar-refractivity contribution in [2.75, 3.05) is 0 Å². The topological polar surface area (TPSA) is 92.2 Å². The second kappa shape index (κ2) is 4.29. The number of carboxylic acids is 1. The molecule has 0 spiro atoms. The maximum absolute atomic E-state index is 11.7. The molecular weight excluding hydrogens is 246 g/mol. The minimum atomic E-state index is -1.14. The van der Waals surface area contributed by atoms with Crippen LogP contribution in [0.2, 0.25) is 5.15 Å². The minimum Gasteiger partial charge on any atom is -0.480 e. The lowest BCUT2D eigenvalue weighted by atomic mass is 9.76. The highest BCUT2D eigenvalue weighted by molar-refractivity contribution is 6.29. The molecule has 2 rings (SSSR count). The summed E-state index contributed by atoms with van der Waals surface area (Å²) < 4.78 is 0. The second-order valence-electron chi connectivity index (χ2n) is 3.94. The van der Waals surface area contributed by atoms with Gasteiger partial charge in [-0.3, -0.25) is 4.79 Å². The quantitative estimate of drug-likeness (QED) is 0.836. The molecule has 0 atom stereocenters. The third-order valence-electron chi connectivity index (χ3n) is 2.83.